The van der Waals surface area contributed by atoms with Crippen LogP contribution < -0.4 is 5.73 Å². The second-order valence-corrected chi connectivity index (χ2v) is 9.77. The summed E-state index contributed by atoms with van der Waals surface area (Å²) in [6, 6.07) is 10.1. The summed E-state index contributed by atoms with van der Waals surface area (Å²) in [5.41, 5.74) is 7.84. The van der Waals surface area contributed by atoms with Crippen LogP contribution in [0.4, 0.5) is 13.6 Å². The molecule has 8 nitrogen and oxygen atoms in total. The number of hydrogen-bond acceptors (Lipinski definition) is 5. The van der Waals surface area contributed by atoms with E-state index in [1.807, 2.05) is 31.2 Å². The maximum absolute atomic E-state index is 14.4. The SMILES string of the molecule is Cc1ccccc1CCOC(=O)N1CCC(=O)N2C(CCCCN)C(=O)N(Cc3cc(F)ccc3F)C[C@H]12. The van der Waals surface area contributed by atoms with Gasteiger partial charge in [0.2, 0.25) is 11.8 Å². The van der Waals surface area contributed by atoms with Crippen LogP contribution in [0, 0.1) is 18.6 Å². The molecule has 2 aliphatic heterocycles. The van der Waals surface area contributed by atoms with Crippen LogP contribution in [-0.4, -0.2) is 71.1 Å². The van der Waals surface area contributed by atoms with Gasteiger partial charge in [-0.1, -0.05) is 24.3 Å². The number of halogens is 2. The summed E-state index contributed by atoms with van der Waals surface area (Å²) in [4.78, 5) is 44.1. The van der Waals surface area contributed by atoms with Crippen molar-refractivity contribution in [1.82, 2.24) is 14.7 Å². The van der Waals surface area contributed by atoms with E-state index in [4.69, 9.17) is 10.5 Å². The van der Waals surface area contributed by atoms with Crippen LogP contribution in [0.1, 0.15) is 42.4 Å². The molecule has 2 aromatic carbocycles. The average molecular weight is 529 g/mol. The van der Waals surface area contributed by atoms with Gasteiger partial charge < -0.3 is 20.3 Å². The smallest absolute Gasteiger partial charge is 0.411 e. The number of rotatable bonds is 9. The molecular weight excluding hydrogens is 494 g/mol. The number of carbonyl (C=O) groups is 3. The number of ether oxygens (including phenoxy) is 1. The van der Waals surface area contributed by atoms with E-state index >= 15 is 0 Å². The fourth-order valence-corrected chi connectivity index (χ4v) is 5.19. The van der Waals surface area contributed by atoms with Crippen LogP contribution in [-0.2, 0) is 27.3 Å². The van der Waals surface area contributed by atoms with Crippen molar-refractivity contribution in [2.24, 2.45) is 5.73 Å². The Morgan fingerprint density at radius 3 is 2.66 bits per heavy atom. The first-order chi connectivity index (χ1) is 18.3. The molecule has 2 saturated heterocycles. The summed E-state index contributed by atoms with van der Waals surface area (Å²) in [6.45, 7) is 2.54. The van der Waals surface area contributed by atoms with Crippen LogP contribution in [0.15, 0.2) is 42.5 Å². The van der Waals surface area contributed by atoms with E-state index < -0.39 is 29.9 Å². The molecule has 2 atom stereocenters. The summed E-state index contributed by atoms with van der Waals surface area (Å²) < 4.78 is 33.9. The van der Waals surface area contributed by atoms with Crippen molar-refractivity contribution in [3.8, 4) is 0 Å². The molecular formula is C28H34F2N4O4. The van der Waals surface area contributed by atoms with Crippen molar-refractivity contribution in [2.75, 3.05) is 26.2 Å². The minimum absolute atomic E-state index is 0.0270. The highest BCUT2D eigenvalue weighted by atomic mass is 19.1. The quantitative estimate of drug-likeness (QED) is 0.504. The monoisotopic (exact) mass is 528 g/mol. The molecule has 1 unspecified atom stereocenters. The predicted molar refractivity (Wildman–Crippen MR) is 137 cm³/mol. The maximum atomic E-state index is 14.4. The van der Waals surface area contributed by atoms with Crippen LogP contribution in [0.3, 0.4) is 0 Å². The van der Waals surface area contributed by atoms with E-state index in [1.165, 1.54) is 14.7 Å². The zero-order valence-electron chi connectivity index (χ0n) is 21.6. The topological polar surface area (TPSA) is 96.2 Å². The highest BCUT2D eigenvalue weighted by Crippen LogP contribution is 2.30. The zero-order valence-corrected chi connectivity index (χ0v) is 21.6. The minimum atomic E-state index is -0.827. The van der Waals surface area contributed by atoms with Gasteiger partial charge in [0.15, 0.2) is 0 Å². The van der Waals surface area contributed by atoms with Gasteiger partial charge in [-0.2, -0.15) is 0 Å². The van der Waals surface area contributed by atoms with Crippen molar-refractivity contribution in [1.29, 1.82) is 0 Å². The summed E-state index contributed by atoms with van der Waals surface area (Å²) in [7, 11) is 0. The van der Waals surface area contributed by atoms with Crippen molar-refractivity contribution in [2.45, 2.75) is 57.8 Å². The van der Waals surface area contributed by atoms with Crippen LogP contribution in [0.5, 0.6) is 0 Å². The molecule has 204 valence electrons. The number of fused-ring (bicyclic) bond motifs is 1. The van der Waals surface area contributed by atoms with Gasteiger partial charge in [0, 0.05) is 31.5 Å². The van der Waals surface area contributed by atoms with Gasteiger partial charge in [-0.3, -0.25) is 14.5 Å². The van der Waals surface area contributed by atoms with Gasteiger partial charge >= 0.3 is 6.09 Å². The third-order valence-corrected chi connectivity index (χ3v) is 7.24. The first kappa shape index (κ1) is 27.5. The largest absolute Gasteiger partial charge is 0.449 e. The summed E-state index contributed by atoms with van der Waals surface area (Å²) >= 11 is 0. The number of unbranched alkanes of at least 4 members (excludes halogenated alkanes) is 1. The molecule has 0 saturated carbocycles. The van der Waals surface area contributed by atoms with Crippen molar-refractivity contribution in [3.63, 3.8) is 0 Å². The van der Waals surface area contributed by atoms with E-state index in [-0.39, 0.29) is 50.0 Å². The highest BCUT2D eigenvalue weighted by Gasteiger charge is 2.48. The average Bonchev–Trinajstić information content (AvgIpc) is 2.89. The predicted octanol–water partition coefficient (Wildman–Crippen LogP) is 3.35. The molecule has 2 N–H and O–H groups in total. The molecule has 0 bridgehead atoms. The van der Waals surface area contributed by atoms with Crippen LogP contribution in [0.2, 0.25) is 0 Å². The van der Waals surface area contributed by atoms with Gasteiger partial charge in [-0.25, -0.2) is 13.6 Å². The first-order valence-electron chi connectivity index (χ1n) is 13.0. The Hall–Kier alpha value is -3.53. The molecule has 0 spiro atoms. The van der Waals surface area contributed by atoms with Gasteiger partial charge in [-0.15, -0.1) is 0 Å². The molecule has 0 aromatic heterocycles. The van der Waals surface area contributed by atoms with Crippen molar-refractivity contribution < 1.29 is 27.9 Å². The standard InChI is InChI=1S/C28H34F2N4O4/c1-19-6-2-3-7-20(19)12-15-38-28(37)33-14-11-26(35)34-24(8-4-5-13-31)27(36)32(18-25(33)34)17-21-16-22(29)9-10-23(21)30/h2-3,6-7,9-10,16,24-25H,4-5,8,11-15,17-18,31H2,1H3/t24?,25-/m1/s1. The molecule has 10 heteroatoms. The molecule has 2 heterocycles. The van der Waals surface area contributed by atoms with Gasteiger partial charge in [0.05, 0.1) is 13.2 Å². The van der Waals surface area contributed by atoms with Gasteiger partial charge in [0.1, 0.15) is 23.8 Å². The molecule has 38 heavy (non-hydrogen) atoms. The molecule has 4 rings (SSSR count). The Labute approximate surface area is 221 Å². The van der Waals surface area contributed by atoms with Gasteiger partial charge in [-0.05, 0) is 62.1 Å². The minimum Gasteiger partial charge on any atom is -0.449 e. The third kappa shape index (κ3) is 6.12. The Bertz CT molecular complexity index is 1180. The molecule has 2 fully saturated rings. The fourth-order valence-electron chi connectivity index (χ4n) is 5.19. The number of hydrogen-bond donors (Lipinski definition) is 1. The second-order valence-electron chi connectivity index (χ2n) is 9.77. The van der Waals surface area contributed by atoms with E-state index in [2.05, 4.69) is 0 Å². The third-order valence-electron chi connectivity index (χ3n) is 7.24. The zero-order chi connectivity index (χ0) is 27.2. The molecule has 2 aromatic rings. The number of nitrogens with two attached hydrogens (primary N) is 1. The van der Waals surface area contributed by atoms with E-state index in [0.717, 1.165) is 29.3 Å². The van der Waals surface area contributed by atoms with E-state index in [1.54, 1.807) is 0 Å². The van der Waals surface area contributed by atoms with E-state index in [9.17, 15) is 23.2 Å². The molecule has 0 aliphatic carbocycles. The highest BCUT2D eigenvalue weighted by molar-refractivity contribution is 5.90. The summed E-state index contributed by atoms with van der Waals surface area (Å²) in [5.74, 6) is -1.82. The lowest BCUT2D eigenvalue weighted by molar-refractivity contribution is -0.169. The fraction of sp³-hybridized carbons (Fsp3) is 0.464. The van der Waals surface area contributed by atoms with Crippen LogP contribution >= 0.6 is 0 Å². The number of nitrogens with zero attached hydrogens (tertiary/aromatic N) is 3. The number of benzene rings is 2. The lowest BCUT2D eigenvalue weighted by Crippen LogP contribution is -2.71. The number of amides is 3. The normalized spacial score (nSPS) is 19.5. The lowest BCUT2D eigenvalue weighted by atomic mass is 9.98. The Balaban J connectivity index is 1.54. The number of piperazine rings is 1. The summed E-state index contributed by atoms with van der Waals surface area (Å²) in [6.07, 6.45) is 0.906. The Morgan fingerprint density at radius 1 is 1.11 bits per heavy atom. The van der Waals surface area contributed by atoms with Crippen molar-refractivity contribution >= 4 is 17.9 Å². The number of aryl methyl sites for hydroxylation is 1. The molecule has 3 amide bonds. The van der Waals surface area contributed by atoms with Gasteiger partial charge in [0.25, 0.3) is 0 Å². The maximum Gasteiger partial charge on any atom is 0.411 e. The van der Waals surface area contributed by atoms with Crippen LogP contribution in [0.25, 0.3) is 0 Å². The Morgan fingerprint density at radius 2 is 1.89 bits per heavy atom. The second kappa shape index (κ2) is 12.3. The van der Waals surface area contributed by atoms with Crippen molar-refractivity contribution in [3.05, 3.63) is 70.8 Å². The first-order valence-corrected chi connectivity index (χ1v) is 13.0. The lowest BCUT2D eigenvalue weighted by Gasteiger charge is -2.52. The molecule has 0 radical (unpaired) electrons. The van der Waals surface area contributed by atoms with E-state index in [0.29, 0.717) is 32.2 Å². The molecule has 2 aliphatic rings. The Kier molecular flexibility index (Phi) is 8.93. The number of carbonyl (C=O) groups excluding carboxylic acids is 3. The summed E-state index contributed by atoms with van der Waals surface area (Å²) in [5, 5.41) is 0.